The van der Waals surface area contributed by atoms with Crippen LogP contribution in [0, 0.1) is 5.92 Å². The lowest BCUT2D eigenvalue weighted by Crippen LogP contribution is -2.29. The molecule has 0 aromatic carbocycles. The Morgan fingerprint density at radius 3 is 3.00 bits per heavy atom. The molecular formula is C13H20N2O3S. The van der Waals surface area contributed by atoms with Crippen molar-refractivity contribution >= 4 is 22.4 Å². The number of rotatable bonds is 5. The number of carboxylic acids is 1. The Balaban J connectivity index is 1.96. The Labute approximate surface area is 117 Å². The van der Waals surface area contributed by atoms with Crippen molar-refractivity contribution < 1.29 is 14.6 Å². The lowest BCUT2D eigenvalue weighted by atomic mass is 9.90. The molecule has 1 aromatic heterocycles. The number of carbonyl (C=O) groups is 1. The smallest absolute Gasteiger partial charge is 0.315 e. The SMILES string of the molecule is CC1OCCC1CNc1nc(C(C)(C)C(=O)O)cs1. The summed E-state index contributed by atoms with van der Waals surface area (Å²) in [7, 11) is 0. The van der Waals surface area contributed by atoms with Gasteiger partial charge in [0.25, 0.3) is 0 Å². The summed E-state index contributed by atoms with van der Waals surface area (Å²) in [5.74, 6) is -0.359. The molecule has 2 heterocycles. The second kappa shape index (κ2) is 5.46. The number of aromatic nitrogens is 1. The van der Waals surface area contributed by atoms with Gasteiger partial charge in [-0.15, -0.1) is 11.3 Å². The Bertz CT molecular complexity index is 458. The highest BCUT2D eigenvalue weighted by Crippen LogP contribution is 2.28. The summed E-state index contributed by atoms with van der Waals surface area (Å²) in [6, 6.07) is 0. The molecule has 2 N–H and O–H groups in total. The van der Waals surface area contributed by atoms with Crippen molar-refractivity contribution in [1.29, 1.82) is 0 Å². The molecular weight excluding hydrogens is 264 g/mol. The summed E-state index contributed by atoms with van der Waals surface area (Å²) >= 11 is 1.45. The molecule has 1 fully saturated rings. The highest BCUT2D eigenvalue weighted by Gasteiger charge is 2.32. The lowest BCUT2D eigenvalue weighted by Gasteiger charge is -2.16. The van der Waals surface area contributed by atoms with E-state index in [2.05, 4.69) is 17.2 Å². The number of carboxylic acid groups (broad SMARTS) is 1. The van der Waals surface area contributed by atoms with Crippen LogP contribution < -0.4 is 5.32 Å². The molecule has 2 atom stereocenters. The molecule has 1 aliphatic heterocycles. The summed E-state index contributed by atoms with van der Waals surface area (Å²) < 4.78 is 5.51. The highest BCUT2D eigenvalue weighted by atomic mass is 32.1. The minimum Gasteiger partial charge on any atom is -0.481 e. The van der Waals surface area contributed by atoms with Crippen molar-refractivity contribution in [3.63, 3.8) is 0 Å². The zero-order valence-corrected chi connectivity index (χ0v) is 12.3. The van der Waals surface area contributed by atoms with Crippen molar-refractivity contribution in [2.45, 2.75) is 38.7 Å². The van der Waals surface area contributed by atoms with Gasteiger partial charge in [0.1, 0.15) is 5.41 Å². The van der Waals surface area contributed by atoms with Gasteiger partial charge in [-0.3, -0.25) is 4.79 Å². The molecule has 106 valence electrons. The Kier molecular flexibility index (Phi) is 4.10. The van der Waals surface area contributed by atoms with E-state index in [9.17, 15) is 4.79 Å². The van der Waals surface area contributed by atoms with Crippen LogP contribution in [0.15, 0.2) is 5.38 Å². The monoisotopic (exact) mass is 284 g/mol. The maximum absolute atomic E-state index is 11.2. The third kappa shape index (κ3) is 3.06. The van der Waals surface area contributed by atoms with E-state index in [4.69, 9.17) is 9.84 Å². The molecule has 0 amide bonds. The number of thiazole rings is 1. The van der Waals surface area contributed by atoms with Crippen LogP contribution in [0.5, 0.6) is 0 Å². The van der Waals surface area contributed by atoms with E-state index in [1.165, 1.54) is 11.3 Å². The third-order valence-electron chi connectivity index (χ3n) is 3.73. The van der Waals surface area contributed by atoms with Crippen molar-refractivity contribution in [3.8, 4) is 0 Å². The van der Waals surface area contributed by atoms with Gasteiger partial charge >= 0.3 is 5.97 Å². The zero-order chi connectivity index (χ0) is 14.0. The minimum atomic E-state index is -0.944. The molecule has 19 heavy (non-hydrogen) atoms. The van der Waals surface area contributed by atoms with Gasteiger partial charge in [0, 0.05) is 24.4 Å². The predicted molar refractivity (Wildman–Crippen MR) is 74.8 cm³/mol. The van der Waals surface area contributed by atoms with E-state index in [1.807, 2.05) is 5.38 Å². The van der Waals surface area contributed by atoms with Gasteiger partial charge in [-0.05, 0) is 27.2 Å². The van der Waals surface area contributed by atoms with Gasteiger partial charge in [-0.2, -0.15) is 0 Å². The molecule has 1 aliphatic rings. The molecule has 0 saturated carbocycles. The number of nitrogens with one attached hydrogen (secondary N) is 1. The van der Waals surface area contributed by atoms with Crippen molar-refractivity contribution in [1.82, 2.24) is 4.98 Å². The van der Waals surface area contributed by atoms with Gasteiger partial charge in [0.15, 0.2) is 5.13 Å². The maximum Gasteiger partial charge on any atom is 0.315 e. The standard InChI is InChI=1S/C13H20N2O3S/c1-8-9(4-5-18-8)6-14-12-15-10(7-19-12)13(2,3)11(16)17/h7-9H,4-6H2,1-3H3,(H,14,15)(H,16,17). The molecule has 2 unspecified atom stereocenters. The summed E-state index contributed by atoms with van der Waals surface area (Å²) in [4.78, 5) is 15.5. The zero-order valence-electron chi connectivity index (χ0n) is 11.5. The van der Waals surface area contributed by atoms with Crippen LogP contribution in [0.25, 0.3) is 0 Å². The van der Waals surface area contributed by atoms with E-state index < -0.39 is 11.4 Å². The van der Waals surface area contributed by atoms with Gasteiger partial charge in [-0.1, -0.05) is 0 Å². The first-order valence-corrected chi connectivity index (χ1v) is 7.34. The van der Waals surface area contributed by atoms with Crippen molar-refractivity contribution in [2.24, 2.45) is 5.92 Å². The Morgan fingerprint density at radius 1 is 1.68 bits per heavy atom. The van der Waals surface area contributed by atoms with E-state index >= 15 is 0 Å². The number of nitrogens with zero attached hydrogens (tertiary/aromatic N) is 1. The van der Waals surface area contributed by atoms with Crippen LogP contribution in [-0.4, -0.2) is 35.3 Å². The molecule has 2 rings (SSSR count). The third-order valence-corrected chi connectivity index (χ3v) is 4.53. The Hall–Kier alpha value is -1.14. The van der Waals surface area contributed by atoms with Crippen LogP contribution >= 0.6 is 11.3 Å². The average Bonchev–Trinajstić information content (AvgIpc) is 2.95. The summed E-state index contributed by atoms with van der Waals surface area (Å²) in [6.45, 7) is 7.06. The molecule has 0 bridgehead atoms. The molecule has 0 radical (unpaired) electrons. The largest absolute Gasteiger partial charge is 0.481 e. The first-order chi connectivity index (χ1) is 8.91. The summed E-state index contributed by atoms with van der Waals surface area (Å²) in [5, 5.41) is 15.0. The highest BCUT2D eigenvalue weighted by molar-refractivity contribution is 7.13. The van der Waals surface area contributed by atoms with Crippen molar-refractivity contribution in [2.75, 3.05) is 18.5 Å². The number of hydrogen-bond acceptors (Lipinski definition) is 5. The quantitative estimate of drug-likeness (QED) is 0.868. The second-order valence-corrected chi connectivity index (χ2v) is 6.33. The van der Waals surface area contributed by atoms with Gasteiger partial charge in [0.05, 0.1) is 11.8 Å². The van der Waals surface area contributed by atoms with E-state index in [0.717, 1.165) is 24.7 Å². The minimum absolute atomic E-state index is 0.280. The fraction of sp³-hybridized carbons (Fsp3) is 0.692. The van der Waals surface area contributed by atoms with Gasteiger partial charge in [-0.25, -0.2) is 4.98 Å². The van der Waals surface area contributed by atoms with Crippen molar-refractivity contribution in [3.05, 3.63) is 11.1 Å². The van der Waals surface area contributed by atoms with Crippen LogP contribution in [0.4, 0.5) is 5.13 Å². The first kappa shape index (κ1) is 14.3. The van der Waals surface area contributed by atoms with E-state index in [-0.39, 0.29) is 6.10 Å². The number of hydrogen-bond donors (Lipinski definition) is 2. The fourth-order valence-corrected chi connectivity index (χ4v) is 2.90. The number of ether oxygens (including phenoxy) is 1. The van der Waals surface area contributed by atoms with E-state index in [0.29, 0.717) is 11.6 Å². The fourth-order valence-electron chi connectivity index (χ4n) is 2.01. The second-order valence-electron chi connectivity index (χ2n) is 5.47. The molecule has 0 aliphatic carbocycles. The average molecular weight is 284 g/mol. The predicted octanol–water partition coefficient (Wildman–Crippen LogP) is 2.34. The summed E-state index contributed by atoms with van der Waals surface area (Å²) in [6.07, 6.45) is 1.34. The molecule has 1 saturated heterocycles. The Morgan fingerprint density at radius 2 is 2.42 bits per heavy atom. The molecule has 5 nitrogen and oxygen atoms in total. The maximum atomic E-state index is 11.2. The topological polar surface area (TPSA) is 71.5 Å². The summed E-state index contributed by atoms with van der Waals surface area (Å²) in [5.41, 5.74) is -0.344. The van der Waals surface area contributed by atoms with Gasteiger partial charge < -0.3 is 15.2 Å². The molecule has 6 heteroatoms. The molecule has 1 aromatic rings. The molecule has 0 spiro atoms. The number of aliphatic carboxylic acids is 1. The lowest BCUT2D eigenvalue weighted by molar-refractivity contribution is -0.142. The normalized spacial score (nSPS) is 23.5. The van der Waals surface area contributed by atoms with Crippen LogP contribution in [0.1, 0.15) is 32.9 Å². The van der Waals surface area contributed by atoms with E-state index in [1.54, 1.807) is 13.8 Å². The van der Waals surface area contributed by atoms with Crippen LogP contribution in [0.3, 0.4) is 0 Å². The first-order valence-electron chi connectivity index (χ1n) is 6.46. The van der Waals surface area contributed by atoms with Crippen LogP contribution in [-0.2, 0) is 14.9 Å². The van der Waals surface area contributed by atoms with Gasteiger partial charge in [0.2, 0.25) is 0 Å². The number of anilines is 1. The van der Waals surface area contributed by atoms with Crippen LogP contribution in [0.2, 0.25) is 0 Å².